The zero-order valence-electron chi connectivity index (χ0n) is 12.5. The standard InChI is InChI=1S/C15H26N2O3/c1-3-10-16-14(19)12(4-2)17-15(20)13(18)11-8-6-5-7-9-11/h11-12H,3-10H2,1-2H3,(H,16,19)(H,17,20)/t12-/m1/s1. The lowest BCUT2D eigenvalue weighted by Gasteiger charge is -2.21. The van der Waals surface area contributed by atoms with Crippen LogP contribution in [0.1, 0.15) is 58.8 Å². The fourth-order valence-electron chi connectivity index (χ4n) is 2.50. The maximum Gasteiger partial charge on any atom is 0.288 e. The Hall–Kier alpha value is -1.39. The molecule has 20 heavy (non-hydrogen) atoms. The molecule has 0 spiro atoms. The predicted molar refractivity (Wildman–Crippen MR) is 77.1 cm³/mol. The summed E-state index contributed by atoms with van der Waals surface area (Å²) in [7, 11) is 0. The molecule has 1 saturated carbocycles. The third kappa shape index (κ3) is 4.94. The zero-order valence-corrected chi connectivity index (χ0v) is 12.5. The molecule has 114 valence electrons. The molecular weight excluding hydrogens is 256 g/mol. The first-order chi connectivity index (χ1) is 9.60. The predicted octanol–water partition coefficient (Wildman–Crippen LogP) is 1.56. The lowest BCUT2D eigenvalue weighted by atomic mass is 9.86. The molecule has 1 rings (SSSR count). The molecule has 0 saturated heterocycles. The highest BCUT2D eigenvalue weighted by Gasteiger charge is 2.29. The molecule has 0 aromatic heterocycles. The largest absolute Gasteiger partial charge is 0.354 e. The van der Waals surface area contributed by atoms with E-state index < -0.39 is 11.9 Å². The van der Waals surface area contributed by atoms with E-state index in [4.69, 9.17) is 0 Å². The molecular formula is C15H26N2O3. The molecule has 0 aliphatic heterocycles. The van der Waals surface area contributed by atoms with Crippen LogP contribution in [0, 0.1) is 5.92 Å². The topological polar surface area (TPSA) is 75.3 Å². The summed E-state index contributed by atoms with van der Waals surface area (Å²) in [5.41, 5.74) is 0. The minimum absolute atomic E-state index is 0.153. The van der Waals surface area contributed by atoms with Crippen LogP contribution < -0.4 is 10.6 Å². The number of rotatable bonds is 7. The molecule has 5 nitrogen and oxygen atoms in total. The number of hydrogen-bond donors (Lipinski definition) is 2. The van der Waals surface area contributed by atoms with Crippen LogP contribution in [-0.4, -0.2) is 30.2 Å². The quantitative estimate of drug-likeness (QED) is 0.696. The van der Waals surface area contributed by atoms with Crippen molar-refractivity contribution in [3.05, 3.63) is 0 Å². The second-order valence-electron chi connectivity index (χ2n) is 5.42. The Kier molecular flexibility index (Phi) is 7.26. The molecule has 0 radical (unpaired) electrons. The number of hydrogen-bond acceptors (Lipinski definition) is 3. The first-order valence-electron chi connectivity index (χ1n) is 7.72. The van der Waals surface area contributed by atoms with E-state index in [-0.39, 0.29) is 17.6 Å². The van der Waals surface area contributed by atoms with E-state index in [9.17, 15) is 14.4 Å². The molecule has 2 N–H and O–H groups in total. The second kappa shape index (κ2) is 8.72. The highest BCUT2D eigenvalue weighted by molar-refractivity contribution is 6.37. The summed E-state index contributed by atoms with van der Waals surface area (Å²) >= 11 is 0. The number of Topliss-reactive ketones (excluding diaryl/α,β-unsaturated/α-hetero) is 1. The highest BCUT2D eigenvalue weighted by atomic mass is 16.2. The third-order valence-electron chi connectivity index (χ3n) is 3.78. The van der Waals surface area contributed by atoms with E-state index in [1.165, 1.54) is 0 Å². The molecule has 0 unspecified atom stereocenters. The van der Waals surface area contributed by atoms with Crippen molar-refractivity contribution in [2.45, 2.75) is 64.8 Å². The number of ketones is 1. The Morgan fingerprint density at radius 2 is 1.75 bits per heavy atom. The van der Waals surface area contributed by atoms with E-state index in [1.54, 1.807) is 0 Å². The Balaban J connectivity index is 2.48. The van der Waals surface area contributed by atoms with Gasteiger partial charge >= 0.3 is 0 Å². The summed E-state index contributed by atoms with van der Waals surface area (Å²) in [5, 5.41) is 5.31. The van der Waals surface area contributed by atoms with Crippen molar-refractivity contribution >= 4 is 17.6 Å². The van der Waals surface area contributed by atoms with Gasteiger partial charge in [-0.25, -0.2) is 0 Å². The van der Waals surface area contributed by atoms with Gasteiger partial charge in [0.05, 0.1) is 0 Å². The van der Waals surface area contributed by atoms with Gasteiger partial charge in [0.2, 0.25) is 11.7 Å². The molecule has 2 amide bonds. The zero-order chi connectivity index (χ0) is 15.0. The van der Waals surface area contributed by atoms with Crippen molar-refractivity contribution in [1.29, 1.82) is 0 Å². The van der Waals surface area contributed by atoms with Crippen LogP contribution >= 0.6 is 0 Å². The van der Waals surface area contributed by atoms with E-state index >= 15 is 0 Å². The van der Waals surface area contributed by atoms with Crippen molar-refractivity contribution in [2.75, 3.05) is 6.54 Å². The Bertz CT molecular complexity index is 349. The van der Waals surface area contributed by atoms with E-state index in [0.717, 1.165) is 38.5 Å². The molecule has 1 aliphatic carbocycles. The van der Waals surface area contributed by atoms with Crippen LogP contribution in [0.15, 0.2) is 0 Å². The van der Waals surface area contributed by atoms with Gasteiger partial charge in [-0.05, 0) is 25.7 Å². The average Bonchev–Trinajstić information content (AvgIpc) is 2.50. The van der Waals surface area contributed by atoms with E-state index in [1.807, 2.05) is 13.8 Å². The highest BCUT2D eigenvalue weighted by Crippen LogP contribution is 2.24. The fraction of sp³-hybridized carbons (Fsp3) is 0.800. The third-order valence-corrected chi connectivity index (χ3v) is 3.78. The van der Waals surface area contributed by atoms with Gasteiger partial charge in [0.15, 0.2) is 0 Å². The summed E-state index contributed by atoms with van der Waals surface area (Å²) < 4.78 is 0. The van der Waals surface area contributed by atoms with Crippen LogP contribution in [0.25, 0.3) is 0 Å². The van der Waals surface area contributed by atoms with Gasteiger partial charge in [-0.1, -0.05) is 33.1 Å². The number of nitrogens with one attached hydrogen (secondary N) is 2. The molecule has 5 heteroatoms. The van der Waals surface area contributed by atoms with Gasteiger partial charge in [0.1, 0.15) is 6.04 Å². The number of amides is 2. The average molecular weight is 282 g/mol. The summed E-state index contributed by atoms with van der Waals surface area (Å²) in [6.07, 6.45) is 6.09. The Labute approximate surface area is 120 Å². The molecule has 1 atom stereocenters. The van der Waals surface area contributed by atoms with Gasteiger partial charge in [0, 0.05) is 12.5 Å². The van der Waals surface area contributed by atoms with Crippen LogP contribution in [0.4, 0.5) is 0 Å². The van der Waals surface area contributed by atoms with Gasteiger partial charge in [0.25, 0.3) is 5.91 Å². The van der Waals surface area contributed by atoms with Crippen molar-refractivity contribution in [3.8, 4) is 0 Å². The Morgan fingerprint density at radius 1 is 1.10 bits per heavy atom. The van der Waals surface area contributed by atoms with Crippen molar-refractivity contribution in [2.24, 2.45) is 5.92 Å². The second-order valence-corrected chi connectivity index (χ2v) is 5.42. The lowest BCUT2D eigenvalue weighted by molar-refractivity contribution is -0.142. The van der Waals surface area contributed by atoms with Crippen molar-refractivity contribution in [3.63, 3.8) is 0 Å². The van der Waals surface area contributed by atoms with Crippen molar-refractivity contribution < 1.29 is 14.4 Å². The minimum Gasteiger partial charge on any atom is -0.354 e. The van der Waals surface area contributed by atoms with Crippen LogP contribution in [0.5, 0.6) is 0 Å². The molecule has 0 aromatic carbocycles. The normalized spacial score (nSPS) is 17.3. The van der Waals surface area contributed by atoms with Gasteiger partial charge in [-0.15, -0.1) is 0 Å². The van der Waals surface area contributed by atoms with Gasteiger partial charge in [-0.3, -0.25) is 14.4 Å². The van der Waals surface area contributed by atoms with Crippen molar-refractivity contribution in [1.82, 2.24) is 10.6 Å². The number of carbonyl (C=O) groups excluding carboxylic acids is 3. The SMILES string of the molecule is CCCNC(=O)[C@@H](CC)NC(=O)C(=O)C1CCCCC1. The van der Waals surface area contributed by atoms with Crippen LogP contribution in [0.2, 0.25) is 0 Å². The Morgan fingerprint density at radius 3 is 2.30 bits per heavy atom. The molecule has 0 aromatic rings. The van der Waals surface area contributed by atoms with Gasteiger partial charge < -0.3 is 10.6 Å². The van der Waals surface area contributed by atoms with E-state index in [2.05, 4.69) is 10.6 Å². The fourth-order valence-corrected chi connectivity index (χ4v) is 2.50. The minimum atomic E-state index is -0.610. The summed E-state index contributed by atoms with van der Waals surface area (Å²) in [6.45, 7) is 4.37. The summed E-state index contributed by atoms with van der Waals surface area (Å²) in [4.78, 5) is 35.8. The first kappa shape index (κ1) is 16.7. The van der Waals surface area contributed by atoms with Crippen LogP contribution in [0.3, 0.4) is 0 Å². The monoisotopic (exact) mass is 282 g/mol. The summed E-state index contributed by atoms with van der Waals surface area (Å²) in [6, 6.07) is -0.610. The molecule has 1 aliphatic rings. The smallest absolute Gasteiger partial charge is 0.288 e. The molecule has 0 heterocycles. The van der Waals surface area contributed by atoms with E-state index in [0.29, 0.717) is 13.0 Å². The maximum atomic E-state index is 12.0. The lowest BCUT2D eigenvalue weighted by Crippen LogP contribution is -2.49. The molecule has 1 fully saturated rings. The number of carbonyl (C=O) groups is 3. The summed E-state index contributed by atoms with van der Waals surface area (Å²) in [5.74, 6) is -1.32. The first-order valence-corrected chi connectivity index (χ1v) is 7.72. The van der Waals surface area contributed by atoms with Crippen LogP contribution in [-0.2, 0) is 14.4 Å². The molecule has 0 bridgehead atoms. The maximum absolute atomic E-state index is 12.0. The van der Waals surface area contributed by atoms with Gasteiger partial charge in [-0.2, -0.15) is 0 Å².